The summed E-state index contributed by atoms with van der Waals surface area (Å²) in [6, 6.07) is 7.53. The van der Waals surface area contributed by atoms with Gasteiger partial charge >= 0.3 is 0 Å². The molecular weight excluding hydrogens is 267 g/mol. The van der Waals surface area contributed by atoms with E-state index < -0.39 is 0 Å². The minimum absolute atomic E-state index is 0.381. The Kier molecular flexibility index (Phi) is 1.88. The Morgan fingerprint density at radius 1 is 1.33 bits per heavy atom. The van der Waals surface area contributed by atoms with Crippen molar-refractivity contribution in [2.75, 3.05) is 0 Å². The number of halogens is 1. The molecule has 0 unspecified atom stereocenters. The highest BCUT2D eigenvalue weighted by Gasteiger charge is 2.01. The Morgan fingerprint density at radius 2 is 2.17 bits per heavy atom. The van der Waals surface area contributed by atoms with E-state index in [1.54, 1.807) is 6.07 Å². The molecule has 60 valence electrons. The van der Waals surface area contributed by atoms with Gasteiger partial charge in [0, 0.05) is 8.96 Å². The summed E-state index contributed by atoms with van der Waals surface area (Å²) in [6.45, 7) is 0. The van der Waals surface area contributed by atoms with Crippen molar-refractivity contribution in [3.63, 3.8) is 0 Å². The lowest BCUT2D eigenvalue weighted by Gasteiger charge is -1.87. The summed E-state index contributed by atoms with van der Waals surface area (Å²) in [4.78, 5) is 10.4. The third kappa shape index (κ3) is 1.24. The van der Waals surface area contributed by atoms with Crippen LogP contribution in [0.2, 0.25) is 0 Å². The van der Waals surface area contributed by atoms with Crippen molar-refractivity contribution in [3.8, 4) is 0 Å². The van der Waals surface area contributed by atoms with E-state index in [9.17, 15) is 4.79 Å². The lowest BCUT2D eigenvalue weighted by Crippen LogP contribution is -1.66. The van der Waals surface area contributed by atoms with E-state index in [0.29, 0.717) is 12.0 Å². The summed E-state index contributed by atoms with van der Waals surface area (Å²) >= 11 is 2.22. The fraction of sp³-hybridized carbons (Fsp3) is 0. The van der Waals surface area contributed by atoms with Crippen LogP contribution in [0.1, 0.15) is 10.6 Å². The van der Waals surface area contributed by atoms with Crippen LogP contribution in [0.5, 0.6) is 0 Å². The van der Waals surface area contributed by atoms with Crippen LogP contribution in [-0.2, 0) is 0 Å². The third-order valence-electron chi connectivity index (χ3n) is 1.61. The molecule has 0 aliphatic carbocycles. The highest BCUT2D eigenvalue weighted by Crippen LogP contribution is 2.20. The molecule has 0 spiro atoms. The van der Waals surface area contributed by atoms with Gasteiger partial charge in [0.2, 0.25) is 0 Å². The van der Waals surface area contributed by atoms with Gasteiger partial charge in [0.05, 0.1) is 0 Å². The number of rotatable bonds is 1. The van der Waals surface area contributed by atoms with Gasteiger partial charge in [0.1, 0.15) is 5.58 Å². The molecule has 0 saturated carbocycles. The van der Waals surface area contributed by atoms with E-state index in [2.05, 4.69) is 22.6 Å². The number of carbonyl (C=O) groups is 1. The van der Waals surface area contributed by atoms with Crippen LogP contribution in [-0.4, -0.2) is 6.29 Å². The van der Waals surface area contributed by atoms with Gasteiger partial charge in [-0.05, 0) is 46.9 Å². The van der Waals surface area contributed by atoms with Crippen LogP contribution in [0.4, 0.5) is 0 Å². The van der Waals surface area contributed by atoms with Gasteiger partial charge in [-0.15, -0.1) is 0 Å². The van der Waals surface area contributed by atoms with Crippen LogP contribution in [0.25, 0.3) is 11.0 Å². The van der Waals surface area contributed by atoms with E-state index in [-0.39, 0.29) is 0 Å². The molecule has 2 rings (SSSR count). The molecule has 1 aromatic carbocycles. The second kappa shape index (κ2) is 2.90. The molecule has 12 heavy (non-hydrogen) atoms. The summed E-state index contributed by atoms with van der Waals surface area (Å²) in [5.74, 6) is 0.381. The van der Waals surface area contributed by atoms with Crippen molar-refractivity contribution in [2.45, 2.75) is 0 Å². The first-order valence-electron chi connectivity index (χ1n) is 3.44. The topological polar surface area (TPSA) is 30.2 Å². The van der Waals surface area contributed by atoms with E-state index in [4.69, 9.17) is 4.42 Å². The normalized spacial score (nSPS) is 10.4. The van der Waals surface area contributed by atoms with Crippen molar-refractivity contribution in [3.05, 3.63) is 33.6 Å². The number of aldehydes is 1. The van der Waals surface area contributed by atoms with E-state index in [1.807, 2.05) is 18.2 Å². The van der Waals surface area contributed by atoms with Crippen LogP contribution >= 0.6 is 22.6 Å². The van der Waals surface area contributed by atoms with Gasteiger partial charge in [0.25, 0.3) is 0 Å². The first-order valence-corrected chi connectivity index (χ1v) is 4.52. The lowest BCUT2D eigenvalue weighted by atomic mass is 10.2. The van der Waals surface area contributed by atoms with Gasteiger partial charge in [-0.25, -0.2) is 0 Å². The smallest absolute Gasteiger partial charge is 0.185 e. The number of carbonyl (C=O) groups excluding carboxylic acids is 1. The molecule has 0 aliphatic heterocycles. The average molecular weight is 272 g/mol. The van der Waals surface area contributed by atoms with Crippen LogP contribution in [0, 0.1) is 3.57 Å². The summed E-state index contributed by atoms with van der Waals surface area (Å²) in [5.41, 5.74) is 0.762. The second-order valence-corrected chi connectivity index (χ2v) is 3.69. The van der Waals surface area contributed by atoms with Gasteiger partial charge in [0.15, 0.2) is 12.0 Å². The van der Waals surface area contributed by atoms with Gasteiger partial charge in [-0.2, -0.15) is 0 Å². The molecule has 0 bridgehead atoms. The van der Waals surface area contributed by atoms with E-state index >= 15 is 0 Å². The van der Waals surface area contributed by atoms with Crippen molar-refractivity contribution < 1.29 is 9.21 Å². The molecule has 2 aromatic rings. The molecule has 0 saturated heterocycles. The summed E-state index contributed by atoms with van der Waals surface area (Å²) in [7, 11) is 0. The molecule has 3 heteroatoms. The zero-order valence-electron chi connectivity index (χ0n) is 6.08. The molecule has 0 atom stereocenters. The Morgan fingerprint density at radius 3 is 2.92 bits per heavy atom. The molecule has 1 heterocycles. The summed E-state index contributed by atoms with van der Waals surface area (Å²) in [6.07, 6.45) is 0.715. The maximum absolute atomic E-state index is 10.4. The molecular formula is C9H5IO2. The number of hydrogen-bond acceptors (Lipinski definition) is 2. The zero-order valence-corrected chi connectivity index (χ0v) is 8.24. The molecule has 0 fully saturated rings. The predicted molar refractivity (Wildman–Crippen MR) is 54.3 cm³/mol. The molecule has 0 amide bonds. The highest BCUT2D eigenvalue weighted by molar-refractivity contribution is 14.1. The molecule has 0 radical (unpaired) electrons. The Balaban J connectivity index is 2.75. The van der Waals surface area contributed by atoms with Crippen molar-refractivity contribution in [1.82, 2.24) is 0 Å². The predicted octanol–water partition coefficient (Wildman–Crippen LogP) is 2.85. The first-order chi connectivity index (χ1) is 5.79. The quantitative estimate of drug-likeness (QED) is 0.590. The fourth-order valence-electron chi connectivity index (χ4n) is 1.09. The zero-order chi connectivity index (χ0) is 8.55. The highest BCUT2D eigenvalue weighted by atomic mass is 127. The average Bonchev–Trinajstić information content (AvgIpc) is 2.46. The first kappa shape index (κ1) is 7.79. The van der Waals surface area contributed by atoms with Crippen molar-refractivity contribution in [1.29, 1.82) is 0 Å². The largest absolute Gasteiger partial charge is 0.453 e. The van der Waals surface area contributed by atoms with Crippen LogP contribution in [0.15, 0.2) is 28.7 Å². The minimum atomic E-state index is 0.381. The number of furan rings is 1. The van der Waals surface area contributed by atoms with Crippen LogP contribution < -0.4 is 0 Å². The SMILES string of the molecule is O=Cc1cc2cc(I)ccc2o1. The van der Waals surface area contributed by atoms with E-state index in [0.717, 1.165) is 14.5 Å². The number of hydrogen-bond donors (Lipinski definition) is 0. The van der Waals surface area contributed by atoms with Gasteiger partial charge in [-0.1, -0.05) is 0 Å². The lowest BCUT2D eigenvalue weighted by molar-refractivity contribution is 0.110. The second-order valence-electron chi connectivity index (χ2n) is 2.45. The minimum Gasteiger partial charge on any atom is -0.453 e. The molecule has 0 N–H and O–H groups in total. The van der Waals surface area contributed by atoms with E-state index in [1.165, 1.54) is 0 Å². The Bertz CT molecular complexity index is 431. The fourth-order valence-corrected chi connectivity index (χ4v) is 1.61. The molecule has 2 nitrogen and oxygen atoms in total. The maximum Gasteiger partial charge on any atom is 0.185 e. The summed E-state index contributed by atoms with van der Waals surface area (Å²) < 4.78 is 6.34. The van der Waals surface area contributed by atoms with Crippen molar-refractivity contribution in [2.24, 2.45) is 0 Å². The number of benzene rings is 1. The Labute approximate surface area is 82.7 Å². The van der Waals surface area contributed by atoms with Crippen LogP contribution in [0.3, 0.4) is 0 Å². The Hall–Kier alpha value is -0.840. The van der Waals surface area contributed by atoms with Crippen molar-refractivity contribution >= 4 is 39.8 Å². The van der Waals surface area contributed by atoms with Gasteiger partial charge < -0.3 is 4.42 Å². The molecule has 1 aromatic heterocycles. The summed E-state index contributed by atoms with van der Waals surface area (Å²) in [5, 5.41) is 0.976. The van der Waals surface area contributed by atoms with Gasteiger partial charge in [-0.3, -0.25) is 4.79 Å². The number of fused-ring (bicyclic) bond motifs is 1. The standard InChI is InChI=1S/C9H5IO2/c10-7-1-2-9-6(3-7)4-8(5-11)12-9/h1-5H. The molecule has 0 aliphatic rings. The maximum atomic E-state index is 10.4. The monoisotopic (exact) mass is 272 g/mol. The third-order valence-corrected chi connectivity index (χ3v) is 2.28.